The summed E-state index contributed by atoms with van der Waals surface area (Å²) < 4.78 is 10.6. The smallest absolute Gasteiger partial charge is 0.118 e. The third-order valence-electron chi connectivity index (χ3n) is 2.92. The van der Waals surface area contributed by atoms with Crippen molar-refractivity contribution < 1.29 is 19.7 Å². The molecule has 2 atom stereocenters. The minimum Gasteiger partial charge on any atom is -0.497 e. The molecule has 4 nitrogen and oxygen atoms in total. The van der Waals surface area contributed by atoms with Crippen LogP contribution in [-0.4, -0.2) is 36.1 Å². The van der Waals surface area contributed by atoms with Gasteiger partial charge in [-0.2, -0.15) is 0 Å². The second kappa shape index (κ2) is 9.38. The molecule has 0 saturated carbocycles. The van der Waals surface area contributed by atoms with Gasteiger partial charge in [-0.1, -0.05) is 12.1 Å². The number of terminal acetylenes is 1. The first kappa shape index (κ1) is 16.5. The van der Waals surface area contributed by atoms with Gasteiger partial charge in [0, 0.05) is 19.4 Å². The Labute approximate surface area is 120 Å². The molecule has 1 aromatic carbocycles. The van der Waals surface area contributed by atoms with Crippen LogP contribution in [0.15, 0.2) is 24.3 Å². The highest BCUT2D eigenvalue weighted by atomic mass is 16.5. The van der Waals surface area contributed by atoms with Gasteiger partial charge in [0.05, 0.1) is 25.9 Å². The number of methoxy groups -OCH3 is 1. The van der Waals surface area contributed by atoms with Crippen molar-refractivity contribution in [1.29, 1.82) is 0 Å². The molecule has 0 heterocycles. The quantitative estimate of drug-likeness (QED) is 0.533. The van der Waals surface area contributed by atoms with Crippen molar-refractivity contribution in [2.45, 2.75) is 38.1 Å². The first-order chi connectivity index (χ1) is 9.65. The predicted octanol–water partition coefficient (Wildman–Crippen LogP) is 1.74. The van der Waals surface area contributed by atoms with Gasteiger partial charge in [0.15, 0.2) is 0 Å². The van der Waals surface area contributed by atoms with Gasteiger partial charge in [-0.05, 0) is 24.1 Å². The van der Waals surface area contributed by atoms with Crippen LogP contribution in [0.5, 0.6) is 5.75 Å². The highest BCUT2D eigenvalue weighted by molar-refractivity contribution is 5.26. The molecule has 0 fully saturated rings. The lowest BCUT2D eigenvalue weighted by molar-refractivity contribution is 0.0429. The second-order valence-electron chi connectivity index (χ2n) is 4.64. The molecule has 4 heteroatoms. The minimum atomic E-state index is -0.642. The summed E-state index contributed by atoms with van der Waals surface area (Å²) in [4.78, 5) is 0. The monoisotopic (exact) mass is 278 g/mol. The van der Waals surface area contributed by atoms with Crippen molar-refractivity contribution in [3.05, 3.63) is 29.8 Å². The summed E-state index contributed by atoms with van der Waals surface area (Å²) in [5, 5.41) is 19.1. The van der Waals surface area contributed by atoms with Crippen molar-refractivity contribution in [3.63, 3.8) is 0 Å². The zero-order chi connectivity index (χ0) is 14.8. The van der Waals surface area contributed by atoms with E-state index in [9.17, 15) is 10.2 Å². The van der Waals surface area contributed by atoms with E-state index in [1.54, 1.807) is 7.11 Å². The summed E-state index contributed by atoms with van der Waals surface area (Å²) in [7, 11) is 1.63. The van der Waals surface area contributed by atoms with Crippen molar-refractivity contribution in [1.82, 2.24) is 0 Å². The average Bonchev–Trinajstić information content (AvgIpc) is 2.44. The summed E-state index contributed by atoms with van der Waals surface area (Å²) in [6.45, 7) is 0.930. The molecule has 0 unspecified atom stereocenters. The first-order valence-corrected chi connectivity index (χ1v) is 6.66. The Bertz CT molecular complexity index is 407. The average molecular weight is 278 g/mol. The molecule has 1 aromatic rings. The second-order valence-corrected chi connectivity index (χ2v) is 4.64. The summed E-state index contributed by atoms with van der Waals surface area (Å²) in [6, 6.07) is 7.63. The minimum absolute atomic E-state index is 0.268. The van der Waals surface area contributed by atoms with Crippen LogP contribution < -0.4 is 4.74 Å². The highest BCUT2D eigenvalue weighted by Crippen LogP contribution is 2.12. The van der Waals surface area contributed by atoms with E-state index in [1.807, 2.05) is 24.3 Å². The molecule has 110 valence electrons. The van der Waals surface area contributed by atoms with Crippen LogP contribution >= 0.6 is 0 Å². The third-order valence-corrected chi connectivity index (χ3v) is 2.92. The molecule has 0 aromatic heterocycles. The number of rotatable bonds is 9. The van der Waals surface area contributed by atoms with Crippen LogP contribution in [0.1, 0.15) is 24.8 Å². The van der Waals surface area contributed by atoms with Crippen molar-refractivity contribution >= 4 is 0 Å². The van der Waals surface area contributed by atoms with E-state index in [-0.39, 0.29) is 12.8 Å². The van der Waals surface area contributed by atoms with E-state index < -0.39 is 12.2 Å². The predicted molar refractivity (Wildman–Crippen MR) is 77.3 cm³/mol. The van der Waals surface area contributed by atoms with E-state index in [0.717, 1.165) is 11.3 Å². The summed E-state index contributed by atoms with van der Waals surface area (Å²) in [5.74, 6) is 3.18. The Balaban J connectivity index is 2.16. The molecule has 0 spiro atoms. The van der Waals surface area contributed by atoms with Crippen LogP contribution in [0.3, 0.4) is 0 Å². The molecule has 0 aliphatic heterocycles. The maximum absolute atomic E-state index is 9.69. The maximum atomic E-state index is 9.69. The summed E-state index contributed by atoms with van der Waals surface area (Å²) in [5.41, 5.74) is 1.05. The topological polar surface area (TPSA) is 58.9 Å². The Morgan fingerprint density at radius 1 is 1.20 bits per heavy atom. The van der Waals surface area contributed by atoms with Crippen molar-refractivity contribution in [2.75, 3.05) is 13.7 Å². The molecule has 1 rings (SSSR count). The maximum Gasteiger partial charge on any atom is 0.118 e. The number of aliphatic hydroxyl groups excluding tert-OH is 2. The van der Waals surface area contributed by atoms with Gasteiger partial charge in [0.25, 0.3) is 0 Å². The van der Waals surface area contributed by atoms with Crippen LogP contribution in [0.4, 0.5) is 0 Å². The molecular formula is C16H22O4. The summed E-state index contributed by atoms with van der Waals surface area (Å²) >= 11 is 0. The SMILES string of the molecule is C#CC[C@@H](O)C[C@@H](O)CCOCc1ccc(OC)cc1. The number of aliphatic hydroxyl groups is 2. The lowest BCUT2D eigenvalue weighted by atomic mass is 10.1. The van der Waals surface area contributed by atoms with Gasteiger partial charge >= 0.3 is 0 Å². The van der Waals surface area contributed by atoms with E-state index in [1.165, 1.54) is 0 Å². The Morgan fingerprint density at radius 3 is 2.50 bits per heavy atom. The highest BCUT2D eigenvalue weighted by Gasteiger charge is 2.10. The van der Waals surface area contributed by atoms with E-state index in [0.29, 0.717) is 19.6 Å². The Kier molecular flexibility index (Phi) is 7.74. The standard InChI is InChI=1S/C16H22O4/c1-3-4-14(17)11-15(18)9-10-20-12-13-5-7-16(19-2)8-6-13/h1,5-8,14-15,17-18H,4,9-12H2,2H3/t14-,15+/m1/s1. The zero-order valence-corrected chi connectivity index (χ0v) is 11.8. The Hall–Kier alpha value is -1.54. The zero-order valence-electron chi connectivity index (χ0n) is 11.8. The van der Waals surface area contributed by atoms with E-state index in [4.69, 9.17) is 15.9 Å². The summed E-state index contributed by atoms with van der Waals surface area (Å²) in [6.07, 6.45) is 4.90. The van der Waals surface area contributed by atoms with Crippen molar-refractivity contribution in [3.8, 4) is 18.1 Å². The van der Waals surface area contributed by atoms with Crippen LogP contribution in [0, 0.1) is 12.3 Å². The fraction of sp³-hybridized carbons (Fsp3) is 0.500. The van der Waals surface area contributed by atoms with E-state index >= 15 is 0 Å². The van der Waals surface area contributed by atoms with E-state index in [2.05, 4.69) is 5.92 Å². The molecule has 20 heavy (non-hydrogen) atoms. The molecule has 2 N–H and O–H groups in total. The number of ether oxygens (including phenoxy) is 2. The lowest BCUT2D eigenvalue weighted by Gasteiger charge is -2.14. The van der Waals surface area contributed by atoms with Gasteiger partial charge in [-0.25, -0.2) is 0 Å². The van der Waals surface area contributed by atoms with Crippen LogP contribution in [0.25, 0.3) is 0 Å². The van der Waals surface area contributed by atoms with Gasteiger partial charge in [0.2, 0.25) is 0 Å². The van der Waals surface area contributed by atoms with Crippen LogP contribution in [-0.2, 0) is 11.3 Å². The molecule has 0 aliphatic carbocycles. The van der Waals surface area contributed by atoms with Gasteiger partial charge in [0.1, 0.15) is 5.75 Å². The number of benzene rings is 1. The van der Waals surface area contributed by atoms with Gasteiger partial charge in [-0.15, -0.1) is 12.3 Å². The fourth-order valence-corrected chi connectivity index (χ4v) is 1.78. The number of hydrogen-bond donors (Lipinski definition) is 2. The largest absolute Gasteiger partial charge is 0.497 e. The van der Waals surface area contributed by atoms with Gasteiger partial charge < -0.3 is 19.7 Å². The van der Waals surface area contributed by atoms with Crippen LogP contribution in [0.2, 0.25) is 0 Å². The molecule has 0 aliphatic rings. The normalized spacial score (nSPS) is 13.5. The molecule has 0 saturated heterocycles. The Morgan fingerprint density at radius 2 is 1.90 bits per heavy atom. The molecule has 0 radical (unpaired) electrons. The van der Waals surface area contributed by atoms with Crippen molar-refractivity contribution in [2.24, 2.45) is 0 Å². The molecular weight excluding hydrogens is 256 g/mol. The fourth-order valence-electron chi connectivity index (χ4n) is 1.78. The lowest BCUT2D eigenvalue weighted by Crippen LogP contribution is -2.18. The number of hydrogen-bond acceptors (Lipinski definition) is 4. The molecule has 0 bridgehead atoms. The van der Waals surface area contributed by atoms with Gasteiger partial charge in [-0.3, -0.25) is 0 Å². The molecule has 0 amide bonds. The third kappa shape index (κ3) is 6.58. The first-order valence-electron chi connectivity index (χ1n) is 6.66.